The molecular weight excluding hydrogens is 324 g/mol. The highest BCUT2D eigenvalue weighted by molar-refractivity contribution is 9.09. The molecule has 110 valence electrons. The minimum Gasteiger partial charge on any atom is -0.375 e. The Morgan fingerprint density at radius 2 is 1.78 bits per heavy atom. The monoisotopic (exact) mass is 346 g/mol. The fraction of sp³-hybridized carbons (Fsp3) is 1.00. The normalized spacial score (nSPS) is 13.7. The lowest BCUT2D eigenvalue weighted by Crippen LogP contribution is -2.24. The van der Waals surface area contributed by atoms with Gasteiger partial charge in [-0.3, -0.25) is 4.55 Å². The van der Waals surface area contributed by atoms with Crippen molar-refractivity contribution < 1.29 is 21.9 Å². The van der Waals surface area contributed by atoms with Crippen molar-refractivity contribution in [3.05, 3.63) is 0 Å². The second-order valence-electron chi connectivity index (χ2n) is 4.13. The zero-order chi connectivity index (χ0) is 13.9. The second-order valence-corrected chi connectivity index (χ2v) is 5.87. The van der Waals surface area contributed by atoms with Crippen LogP contribution in [-0.2, 0) is 19.3 Å². The molecule has 7 heteroatoms. The van der Waals surface area contributed by atoms with Gasteiger partial charge in [-0.05, 0) is 6.42 Å². The predicted molar refractivity (Wildman–Crippen MR) is 74.4 cm³/mol. The van der Waals surface area contributed by atoms with Gasteiger partial charge < -0.3 is 4.74 Å². The summed E-state index contributed by atoms with van der Waals surface area (Å²) in [7, 11) is -4.38. The maximum Gasteiger partial charge on any atom is 0.397 e. The van der Waals surface area contributed by atoms with Gasteiger partial charge in [0.05, 0.1) is 12.7 Å². The molecule has 0 aromatic carbocycles. The van der Waals surface area contributed by atoms with Gasteiger partial charge in [0.15, 0.2) is 0 Å². The van der Waals surface area contributed by atoms with Crippen molar-refractivity contribution in [1.82, 2.24) is 0 Å². The van der Waals surface area contributed by atoms with E-state index in [0.29, 0.717) is 11.9 Å². The van der Waals surface area contributed by atoms with E-state index >= 15 is 0 Å². The summed E-state index contributed by atoms with van der Waals surface area (Å²) in [6.07, 6.45) is 6.68. The Morgan fingerprint density at radius 1 is 1.17 bits per heavy atom. The number of rotatable bonds is 12. The molecule has 0 aliphatic rings. The Balaban J connectivity index is 3.50. The largest absolute Gasteiger partial charge is 0.397 e. The lowest BCUT2D eigenvalue weighted by molar-refractivity contribution is 0.0325. The molecule has 0 aromatic rings. The quantitative estimate of drug-likeness (QED) is 0.334. The zero-order valence-electron chi connectivity index (χ0n) is 10.8. The van der Waals surface area contributed by atoms with Gasteiger partial charge in [0.1, 0.15) is 0 Å². The fourth-order valence-corrected chi connectivity index (χ4v) is 2.13. The minimum absolute atomic E-state index is 0.167. The minimum atomic E-state index is -4.38. The molecule has 0 aliphatic heterocycles. The average molecular weight is 347 g/mol. The number of alkyl halides is 1. The van der Waals surface area contributed by atoms with Crippen LogP contribution in [0.15, 0.2) is 0 Å². The SMILES string of the molecule is CCCCCCCCOC(CBr)COS(=O)(=O)O. The molecule has 5 nitrogen and oxygen atoms in total. The van der Waals surface area contributed by atoms with E-state index < -0.39 is 10.4 Å². The zero-order valence-corrected chi connectivity index (χ0v) is 13.2. The maximum absolute atomic E-state index is 10.4. The first-order valence-electron chi connectivity index (χ1n) is 6.29. The Hall–Kier alpha value is 0.310. The molecular formula is C11H23BrO5S. The van der Waals surface area contributed by atoms with E-state index in [4.69, 9.17) is 9.29 Å². The highest BCUT2D eigenvalue weighted by Crippen LogP contribution is 2.07. The lowest BCUT2D eigenvalue weighted by atomic mass is 10.1. The summed E-state index contributed by atoms with van der Waals surface area (Å²) in [5, 5.41) is 0.471. The third-order valence-corrected chi connectivity index (χ3v) is 3.58. The number of halogens is 1. The van der Waals surface area contributed by atoms with Gasteiger partial charge in [-0.15, -0.1) is 0 Å². The van der Waals surface area contributed by atoms with E-state index in [0.717, 1.165) is 12.8 Å². The van der Waals surface area contributed by atoms with E-state index in [1.807, 2.05) is 0 Å². The van der Waals surface area contributed by atoms with E-state index in [9.17, 15) is 8.42 Å². The highest BCUT2D eigenvalue weighted by atomic mass is 79.9. The highest BCUT2D eigenvalue weighted by Gasteiger charge is 2.12. The van der Waals surface area contributed by atoms with Crippen LogP contribution in [0, 0.1) is 0 Å². The summed E-state index contributed by atoms with van der Waals surface area (Å²) in [5.74, 6) is 0. The molecule has 0 aliphatic carbocycles. The van der Waals surface area contributed by atoms with Crippen molar-refractivity contribution >= 4 is 26.3 Å². The molecule has 0 heterocycles. The Morgan fingerprint density at radius 3 is 2.33 bits per heavy atom. The van der Waals surface area contributed by atoms with Gasteiger partial charge >= 0.3 is 10.4 Å². The van der Waals surface area contributed by atoms with Gasteiger partial charge in [0.2, 0.25) is 0 Å². The molecule has 1 atom stereocenters. The number of ether oxygens (including phenoxy) is 1. The topological polar surface area (TPSA) is 72.8 Å². The van der Waals surface area contributed by atoms with Crippen LogP contribution in [0.2, 0.25) is 0 Å². The molecule has 0 spiro atoms. The number of hydrogen-bond donors (Lipinski definition) is 1. The molecule has 0 saturated carbocycles. The van der Waals surface area contributed by atoms with Crippen LogP contribution < -0.4 is 0 Å². The van der Waals surface area contributed by atoms with E-state index in [1.165, 1.54) is 25.7 Å². The molecule has 0 rings (SSSR count). The third-order valence-electron chi connectivity index (χ3n) is 2.43. The standard InChI is InChI=1S/C11H23BrO5S/c1-2-3-4-5-6-7-8-16-11(9-12)10-17-18(13,14)15/h11H,2-10H2,1H3,(H,13,14,15). The molecule has 0 radical (unpaired) electrons. The summed E-state index contributed by atoms with van der Waals surface area (Å²) >= 11 is 3.21. The molecule has 1 unspecified atom stereocenters. The Kier molecular flexibility index (Phi) is 11.4. The van der Waals surface area contributed by atoms with E-state index in [-0.39, 0.29) is 12.7 Å². The Bertz CT molecular complexity index is 281. The van der Waals surface area contributed by atoms with Crippen LogP contribution in [0.5, 0.6) is 0 Å². The van der Waals surface area contributed by atoms with E-state index in [2.05, 4.69) is 27.0 Å². The third kappa shape index (κ3) is 12.8. The molecule has 0 aromatic heterocycles. The lowest BCUT2D eigenvalue weighted by Gasteiger charge is -2.14. The first kappa shape index (κ1) is 18.3. The van der Waals surface area contributed by atoms with Gasteiger partial charge in [0.25, 0.3) is 0 Å². The molecule has 0 amide bonds. The second kappa shape index (κ2) is 11.2. The summed E-state index contributed by atoms with van der Waals surface area (Å²) in [6.45, 7) is 2.59. The van der Waals surface area contributed by atoms with Gasteiger partial charge in [-0.1, -0.05) is 55.0 Å². The van der Waals surface area contributed by atoms with E-state index in [1.54, 1.807) is 0 Å². The fourth-order valence-electron chi connectivity index (χ4n) is 1.43. The van der Waals surface area contributed by atoms with Crippen LogP contribution >= 0.6 is 15.9 Å². The van der Waals surface area contributed by atoms with Crippen molar-refractivity contribution in [2.45, 2.75) is 51.6 Å². The molecule has 18 heavy (non-hydrogen) atoms. The van der Waals surface area contributed by atoms with Gasteiger partial charge in [-0.25, -0.2) is 4.18 Å². The van der Waals surface area contributed by atoms with Crippen LogP contribution in [0.3, 0.4) is 0 Å². The van der Waals surface area contributed by atoms with Crippen molar-refractivity contribution in [2.75, 3.05) is 18.5 Å². The van der Waals surface area contributed by atoms with Crippen molar-refractivity contribution in [1.29, 1.82) is 0 Å². The smallest absolute Gasteiger partial charge is 0.375 e. The summed E-state index contributed by atoms with van der Waals surface area (Å²) in [6, 6.07) is 0. The van der Waals surface area contributed by atoms with Crippen molar-refractivity contribution in [2.24, 2.45) is 0 Å². The van der Waals surface area contributed by atoms with Crippen LogP contribution in [-0.4, -0.2) is 37.6 Å². The predicted octanol–water partition coefficient (Wildman–Crippen LogP) is 2.95. The van der Waals surface area contributed by atoms with Gasteiger partial charge in [-0.2, -0.15) is 8.42 Å². The van der Waals surface area contributed by atoms with Crippen LogP contribution in [0.1, 0.15) is 45.4 Å². The molecule has 0 bridgehead atoms. The van der Waals surface area contributed by atoms with Crippen LogP contribution in [0.25, 0.3) is 0 Å². The average Bonchev–Trinajstić information content (AvgIpc) is 2.30. The first-order valence-corrected chi connectivity index (χ1v) is 8.77. The van der Waals surface area contributed by atoms with Gasteiger partial charge in [0, 0.05) is 11.9 Å². The summed E-state index contributed by atoms with van der Waals surface area (Å²) < 4.78 is 38.9. The maximum atomic E-state index is 10.4. The number of unbranched alkanes of at least 4 members (excludes halogenated alkanes) is 5. The van der Waals surface area contributed by atoms with Crippen LogP contribution in [0.4, 0.5) is 0 Å². The molecule has 0 saturated heterocycles. The molecule has 1 N–H and O–H groups in total. The summed E-state index contributed by atoms with van der Waals surface area (Å²) in [4.78, 5) is 0. The van der Waals surface area contributed by atoms with Crippen molar-refractivity contribution in [3.8, 4) is 0 Å². The van der Waals surface area contributed by atoms with Crippen molar-refractivity contribution in [3.63, 3.8) is 0 Å². The summed E-state index contributed by atoms with van der Waals surface area (Å²) in [5.41, 5.74) is 0. The number of hydrogen-bond acceptors (Lipinski definition) is 4. The molecule has 0 fully saturated rings. The Labute approximate surface area is 118 Å². The first-order chi connectivity index (χ1) is 8.49.